The van der Waals surface area contributed by atoms with Crippen LogP contribution >= 0.6 is 0 Å². The van der Waals surface area contributed by atoms with Crippen molar-refractivity contribution in [3.05, 3.63) is 18.0 Å². The van der Waals surface area contributed by atoms with Crippen LogP contribution in [-0.2, 0) is 15.1 Å². The summed E-state index contributed by atoms with van der Waals surface area (Å²) in [5.74, 6) is -0.648. The number of ether oxygens (including phenoxy) is 1. The van der Waals surface area contributed by atoms with Crippen LogP contribution in [0.15, 0.2) is 12.3 Å². The van der Waals surface area contributed by atoms with Gasteiger partial charge in [-0.05, 0) is 31.7 Å². The summed E-state index contributed by atoms with van der Waals surface area (Å²) >= 11 is 0. The minimum Gasteiger partial charge on any atom is -0.386 e. The van der Waals surface area contributed by atoms with Gasteiger partial charge in [0, 0.05) is 6.20 Å². The first kappa shape index (κ1) is 11.8. The number of esters is 2. The molecule has 2 rings (SSSR count). The molecule has 1 unspecified atom stereocenters. The van der Waals surface area contributed by atoms with Gasteiger partial charge in [-0.15, -0.1) is 0 Å². The van der Waals surface area contributed by atoms with Crippen LogP contribution in [0.4, 0.5) is 0 Å². The van der Waals surface area contributed by atoms with Crippen LogP contribution in [0.3, 0.4) is 0 Å². The second-order valence-electron chi connectivity index (χ2n) is 5.01. The molecule has 17 heavy (non-hydrogen) atoms. The molecule has 1 aliphatic rings. The molecule has 0 aliphatic carbocycles. The fourth-order valence-electron chi connectivity index (χ4n) is 1.96. The van der Waals surface area contributed by atoms with Crippen molar-refractivity contribution in [2.75, 3.05) is 0 Å². The average molecular weight is 236 g/mol. The largest absolute Gasteiger partial charge is 0.386 e. The maximum atomic E-state index is 11.9. The van der Waals surface area contributed by atoms with Crippen LogP contribution in [0, 0.1) is 5.92 Å². The highest BCUT2D eigenvalue weighted by Crippen LogP contribution is 2.30. The van der Waals surface area contributed by atoms with E-state index in [1.807, 2.05) is 0 Å². The van der Waals surface area contributed by atoms with E-state index in [2.05, 4.69) is 18.9 Å². The van der Waals surface area contributed by atoms with Crippen LogP contribution in [0.25, 0.3) is 0 Å². The summed E-state index contributed by atoms with van der Waals surface area (Å²) < 4.78 is 6.27. The lowest BCUT2D eigenvalue weighted by molar-refractivity contribution is -0.150. The van der Waals surface area contributed by atoms with Gasteiger partial charge >= 0.3 is 11.9 Å². The van der Waals surface area contributed by atoms with E-state index in [0.717, 1.165) is 6.42 Å². The van der Waals surface area contributed by atoms with Crippen molar-refractivity contribution in [1.82, 2.24) is 9.78 Å². The standard InChI is InChI=1S/C12H16N2O3/c1-8(2)4-6-12(3)11(16)17-10(15)9-5-7-13-14(9)12/h5,7-8H,4,6H2,1-3H3. The lowest BCUT2D eigenvalue weighted by atomic mass is 9.91. The van der Waals surface area contributed by atoms with E-state index >= 15 is 0 Å². The van der Waals surface area contributed by atoms with Gasteiger partial charge in [0.05, 0.1) is 0 Å². The topological polar surface area (TPSA) is 61.2 Å². The molecule has 0 amide bonds. The van der Waals surface area contributed by atoms with Crippen molar-refractivity contribution < 1.29 is 14.3 Å². The van der Waals surface area contributed by atoms with Crippen molar-refractivity contribution in [1.29, 1.82) is 0 Å². The van der Waals surface area contributed by atoms with E-state index in [4.69, 9.17) is 4.74 Å². The van der Waals surface area contributed by atoms with Gasteiger partial charge in [0.1, 0.15) is 5.69 Å². The number of cyclic esters (lactones) is 2. The zero-order chi connectivity index (χ0) is 12.6. The molecule has 0 saturated heterocycles. The number of hydrogen-bond acceptors (Lipinski definition) is 4. The molecule has 0 N–H and O–H groups in total. The van der Waals surface area contributed by atoms with Gasteiger partial charge in [0.25, 0.3) is 0 Å². The SMILES string of the molecule is CC(C)CCC1(C)C(=O)OC(=O)c2ccnn21. The van der Waals surface area contributed by atoms with Gasteiger partial charge in [0.15, 0.2) is 5.54 Å². The van der Waals surface area contributed by atoms with Crippen molar-refractivity contribution in [2.24, 2.45) is 5.92 Å². The number of carbonyl (C=O) groups is 2. The van der Waals surface area contributed by atoms with E-state index in [1.54, 1.807) is 13.0 Å². The first-order valence-electron chi connectivity index (χ1n) is 5.76. The van der Waals surface area contributed by atoms with E-state index < -0.39 is 17.5 Å². The van der Waals surface area contributed by atoms with Crippen molar-refractivity contribution in [3.8, 4) is 0 Å². The van der Waals surface area contributed by atoms with Crippen LogP contribution in [0.1, 0.15) is 44.1 Å². The van der Waals surface area contributed by atoms with E-state index in [9.17, 15) is 9.59 Å². The van der Waals surface area contributed by atoms with Crippen LogP contribution < -0.4 is 0 Å². The zero-order valence-corrected chi connectivity index (χ0v) is 10.3. The lowest BCUT2D eigenvalue weighted by Crippen LogP contribution is -2.47. The number of hydrogen-bond donors (Lipinski definition) is 0. The Morgan fingerprint density at radius 3 is 2.82 bits per heavy atom. The highest BCUT2D eigenvalue weighted by Gasteiger charge is 2.45. The molecular weight excluding hydrogens is 220 g/mol. The number of aromatic nitrogens is 2. The second-order valence-corrected chi connectivity index (χ2v) is 5.01. The molecule has 92 valence electrons. The highest BCUT2D eigenvalue weighted by molar-refractivity contribution is 6.00. The summed E-state index contributed by atoms with van der Waals surface area (Å²) in [6.45, 7) is 5.94. The van der Waals surface area contributed by atoms with Gasteiger partial charge in [-0.2, -0.15) is 5.10 Å². The summed E-state index contributed by atoms with van der Waals surface area (Å²) in [4.78, 5) is 23.4. The summed E-state index contributed by atoms with van der Waals surface area (Å²) in [6, 6.07) is 1.57. The van der Waals surface area contributed by atoms with Crippen molar-refractivity contribution in [2.45, 2.75) is 39.2 Å². The fourth-order valence-corrected chi connectivity index (χ4v) is 1.96. The molecule has 2 heterocycles. The third kappa shape index (κ3) is 1.85. The van der Waals surface area contributed by atoms with E-state index in [-0.39, 0.29) is 0 Å². The first-order valence-corrected chi connectivity index (χ1v) is 5.76. The summed E-state index contributed by atoms with van der Waals surface area (Å²) in [5.41, 5.74) is -0.521. The highest BCUT2D eigenvalue weighted by atomic mass is 16.6. The summed E-state index contributed by atoms with van der Waals surface area (Å²) in [6.07, 6.45) is 3.01. The Hall–Kier alpha value is -1.65. The summed E-state index contributed by atoms with van der Waals surface area (Å²) in [7, 11) is 0. The Bertz CT molecular complexity index is 464. The number of rotatable bonds is 3. The van der Waals surface area contributed by atoms with Gasteiger partial charge in [-0.3, -0.25) is 0 Å². The molecule has 0 radical (unpaired) electrons. The third-order valence-electron chi connectivity index (χ3n) is 3.15. The molecule has 0 saturated carbocycles. The Kier molecular flexibility index (Phi) is 2.77. The monoisotopic (exact) mass is 236 g/mol. The molecule has 1 aliphatic heterocycles. The van der Waals surface area contributed by atoms with Crippen LogP contribution in [0.2, 0.25) is 0 Å². The maximum absolute atomic E-state index is 11.9. The first-order chi connectivity index (χ1) is 7.95. The Labute approximate surface area is 99.8 Å². The molecule has 0 spiro atoms. The lowest BCUT2D eigenvalue weighted by Gasteiger charge is -2.32. The molecular formula is C12H16N2O3. The Morgan fingerprint density at radius 1 is 1.47 bits per heavy atom. The molecule has 0 bridgehead atoms. The number of nitrogens with zero attached hydrogens (tertiary/aromatic N) is 2. The van der Waals surface area contributed by atoms with Gasteiger partial charge in [-0.1, -0.05) is 13.8 Å². The zero-order valence-electron chi connectivity index (χ0n) is 10.3. The van der Waals surface area contributed by atoms with Gasteiger partial charge in [-0.25, -0.2) is 14.3 Å². The number of carbonyl (C=O) groups excluding carboxylic acids is 2. The van der Waals surface area contributed by atoms with Crippen LogP contribution in [-0.4, -0.2) is 21.7 Å². The quantitative estimate of drug-likeness (QED) is 0.592. The molecule has 5 heteroatoms. The predicted octanol–water partition coefficient (Wildman–Crippen LogP) is 1.73. The second kappa shape index (κ2) is 3.98. The van der Waals surface area contributed by atoms with Gasteiger partial charge < -0.3 is 4.74 Å². The third-order valence-corrected chi connectivity index (χ3v) is 3.15. The average Bonchev–Trinajstić information content (AvgIpc) is 2.73. The van der Waals surface area contributed by atoms with E-state index in [1.165, 1.54) is 10.9 Å². The van der Waals surface area contributed by atoms with Crippen LogP contribution in [0.5, 0.6) is 0 Å². The van der Waals surface area contributed by atoms with Gasteiger partial charge in [0.2, 0.25) is 0 Å². The molecule has 1 aromatic heterocycles. The van der Waals surface area contributed by atoms with Crippen molar-refractivity contribution >= 4 is 11.9 Å². The molecule has 1 atom stereocenters. The molecule has 0 fully saturated rings. The minimum atomic E-state index is -0.864. The Morgan fingerprint density at radius 2 is 2.18 bits per heavy atom. The maximum Gasteiger partial charge on any atom is 0.364 e. The normalized spacial score (nSPS) is 23.8. The number of fused-ring (bicyclic) bond motifs is 1. The minimum absolute atomic E-state index is 0.343. The fraction of sp³-hybridized carbons (Fsp3) is 0.583. The van der Waals surface area contributed by atoms with E-state index in [0.29, 0.717) is 18.0 Å². The predicted molar refractivity (Wildman–Crippen MR) is 60.4 cm³/mol. The summed E-state index contributed by atoms with van der Waals surface area (Å²) in [5, 5.41) is 4.08. The van der Waals surface area contributed by atoms with Crippen molar-refractivity contribution in [3.63, 3.8) is 0 Å². The smallest absolute Gasteiger partial charge is 0.364 e. The molecule has 5 nitrogen and oxygen atoms in total. The Balaban J connectivity index is 2.36. The molecule has 0 aromatic carbocycles. The molecule has 1 aromatic rings.